The van der Waals surface area contributed by atoms with Gasteiger partial charge in [-0.3, -0.25) is 4.79 Å². The van der Waals surface area contributed by atoms with Crippen LogP contribution in [0.15, 0.2) is 18.2 Å². The number of halogens is 1. The maximum atomic E-state index is 11.9. The lowest BCUT2D eigenvalue weighted by Crippen LogP contribution is -2.15. The summed E-state index contributed by atoms with van der Waals surface area (Å²) in [5.41, 5.74) is 1.88. The first-order valence-electron chi connectivity index (χ1n) is 6.21. The second-order valence-corrected chi connectivity index (χ2v) is 5.30. The van der Waals surface area contributed by atoms with Crippen LogP contribution >= 0.6 is 11.6 Å². The number of hydrogen-bond acceptors (Lipinski definition) is 1. The van der Waals surface area contributed by atoms with Crippen LogP contribution in [0, 0.1) is 12.8 Å². The van der Waals surface area contributed by atoms with Gasteiger partial charge in [0.25, 0.3) is 0 Å². The van der Waals surface area contributed by atoms with E-state index in [9.17, 15) is 4.79 Å². The van der Waals surface area contributed by atoms with Gasteiger partial charge in [0.1, 0.15) is 0 Å². The summed E-state index contributed by atoms with van der Waals surface area (Å²) in [5, 5.41) is 3.61. The number of carbonyl (C=O) groups excluding carboxylic acids is 1. The highest BCUT2D eigenvalue weighted by atomic mass is 35.5. The van der Waals surface area contributed by atoms with E-state index >= 15 is 0 Å². The average molecular weight is 252 g/mol. The molecule has 1 aliphatic carbocycles. The van der Waals surface area contributed by atoms with E-state index in [4.69, 9.17) is 11.6 Å². The predicted molar refractivity (Wildman–Crippen MR) is 71.4 cm³/mol. The van der Waals surface area contributed by atoms with E-state index in [1.54, 1.807) is 0 Å². The molecule has 0 unspecified atom stereocenters. The maximum absolute atomic E-state index is 11.9. The van der Waals surface area contributed by atoms with Crippen LogP contribution in [0.3, 0.4) is 0 Å². The number of rotatable bonds is 3. The quantitative estimate of drug-likeness (QED) is 0.858. The lowest BCUT2D eigenvalue weighted by atomic mass is 10.0. The Morgan fingerprint density at radius 2 is 2.12 bits per heavy atom. The highest BCUT2D eigenvalue weighted by Crippen LogP contribution is 2.28. The summed E-state index contributed by atoms with van der Waals surface area (Å²) in [6, 6.07) is 5.57. The molecule has 0 heterocycles. The van der Waals surface area contributed by atoms with Gasteiger partial charge in [-0.1, -0.05) is 30.5 Å². The third-order valence-corrected chi connectivity index (χ3v) is 3.66. The first-order valence-corrected chi connectivity index (χ1v) is 6.59. The molecule has 3 heteroatoms. The summed E-state index contributed by atoms with van der Waals surface area (Å²) in [4.78, 5) is 11.9. The van der Waals surface area contributed by atoms with E-state index in [0.29, 0.717) is 17.4 Å². The molecule has 0 radical (unpaired) electrons. The van der Waals surface area contributed by atoms with Gasteiger partial charge in [-0.2, -0.15) is 0 Å². The summed E-state index contributed by atoms with van der Waals surface area (Å²) < 4.78 is 0. The van der Waals surface area contributed by atoms with Crippen molar-refractivity contribution in [1.82, 2.24) is 0 Å². The molecule has 0 atom stereocenters. The summed E-state index contributed by atoms with van der Waals surface area (Å²) >= 11 is 5.92. The molecule has 1 N–H and O–H groups in total. The Balaban J connectivity index is 1.95. The van der Waals surface area contributed by atoms with E-state index < -0.39 is 0 Å². The largest absolute Gasteiger partial charge is 0.326 e. The van der Waals surface area contributed by atoms with Crippen LogP contribution in [-0.4, -0.2) is 5.91 Å². The van der Waals surface area contributed by atoms with E-state index in [-0.39, 0.29) is 5.91 Å². The smallest absolute Gasteiger partial charge is 0.224 e. The zero-order chi connectivity index (χ0) is 12.3. The van der Waals surface area contributed by atoms with Crippen molar-refractivity contribution >= 4 is 23.2 Å². The molecule has 1 aromatic rings. The van der Waals surface area contributed by atoms with E-state index in [2.05, 4.69) is 5.32 Å². The normalized spacial score (nSPS) is 16.1. The number of anilines is 1. The second kappa shape index (κ2) is 5.54. The van der Waals surface area contributed by atoms with Crippen LogP contribution in [-0.2, 0) is 4.79 Å². The van der Waals surface area contributed by atoms with Gasteiger partial charge in [-0.05, 0) is 43.4 Å². The molecule has 92 valence electrons. The molecule has 0 aliphatic heterocycles. The minimum atomic E-state index is 0.113. The summed E-state index contributed by atoms with van der Waals surface area (Å²) in [5.74, 6) is 0.691. The van der Waals surface area contributed by atoms with Crippen molar-refractivity contribution in [3.8, 4) is 0 Å². The third-order valence-electron chi connectivity index (χ3n) is 3.42. The van der Waals surface area contributed by atoms with E-state index in [0.717, 1.165) is 11.3 Å². The van der Waals surface area contributed by atoms with Gasteiger partial charge in [-0.15, -0.1) is 0 Å². The highest BCUT2D eigenvalue weighted by Gasteiger charge is 2.18. The molecule has 1 aromatic carbocycles. The van der Waals surface area contributed by atoms with Gasteiger partial charge in [0.15, 0.2) is 0 Å². The average Bonchev–Trinajstić information content (AvgIpc) is 2.76. The minimum Gasteiger partial charge on any atom is -0.326 e. The molecule has 2 nitrogen and oxygen atoms in total. The van der Waals surface area contributed by atoms with Crippen LogP contribution in [0.1, 0.15) is 37.7 Å². The Morgan fingerprint density at radius 1 is 1.41 bits per heavy atom. The molecule has 17 heavy (non-hydrogen) atoms. The molecule has 0 aromatic heterocycles. The zero-order valence-corrected chi connectivity index (χ0v) is 10.9. The molecule has 1 amide bonds. The standard InChI is InChI=1S/C14H18ClNO/c1-10-6-7-12(15)9-13(10)16-14(17)8-11-4-2-3-5-11/h6-7,9,11H,2-5,8H2,1H3,(H,16,17). The second-order valence-electron chi connectivity index (χ2n) is 4.86. The molecular formula is C14H18ClNO. The molecule has 0 spiro atoms. The zero-order valence-electron chi connectivity index (χ0n) is 10.1. The fourth-order valence-electron chi connectivity index (χ4n) is 2.41. The molecule has 1 fully saturated rings. The Kier molecular flexibility index (Phi) is 4.06. The summed E-state index contributed by atoms with van der Waals surface area (Å²) in [6.45, 7) is 1.97. The topological polar surface area (TPSA) is 29.1 Å². The van der Waals surface area contributed by atoms with Crippen molar-refractivity contribution in [3.05, 3.63) is 28.8 Å². The molecule has 1 saturated carbocycles. The number of nitrogens with one attached hydrogen (secondary N) is 1. The first kappa shape index (κ1) is 12.4. The SMILES string of the molecule is Cc1ccc(Cl)cc1NC(=O)CC1CCCC1. The van der Waals surface area contributed by atoms with Crippen LogP contribution in [0.5, 0.6) is 0 Å². The van der Waals surface area contributed by atoms with E-state index in [1.165, 1.54) is 25.7 Å². The Bertz CT molecular complexity index is 411. The number of benzene rings is 1. The number of amides is 1. The van der Waals surface area contributed by atoms with E-state index in [1.807, 2.05) is 25.1 Å². The maximum Gasteiger partial charge on any atom is 0.224 e. The summed E-state index contributed by atoms with van der Waals surface area (Å²) in [6.07, 6.45) is 5.58. The van der Waals surface area contributed by atoms with Crippen molar-refractivity contribution in [1.29, 1.82) is 0 Å². The van der Waals surface area contributed by atoms with Gasteiger partial charge < -0.3 is 5.32 Å². The van der Waals surface area contributed by atoms with Crippen molar-refractivity contribution < 1.29 is 4.79 Å². The van der Waals surface area contributed by atoms with Crippen LogP contribution < -0.4 is 5.32 Å². The Morgan fingerprint density at radius 3 is 2.82 bits per heavy atom. The molecule has 0 bridgehead atoms. The molecule has 2 rings (SSSR count). The highest BCUT2D eigenvalue weighted by molar-refractivity contribution is 6.31. The Labute approximate surface area is 107 Å². The van der Waals surface area contributed by atoms with Crippen molar-refractivity contribution in [3.63, 3.8) is 0 Å². The lowest BCUT2D eigenvalue weighted by Gasteiger charge is -2.11. The van der Waals surface area contributed by atoms with Crippen LogP contribution in [0.25, 0.3) is 0 Å². The van der Waals surface area contributed by atoms with Gasteiger partial charge in [0, 0.05) is 17.1 Å². The fourth-order valence-corrected chi connectivity index (χ4v) is 2.58. The van der Waals surface area contributed by atoms with Crippen molar-refractivity contribution in [2.75, 3.05) is 5.32 Å². The van der Waals surface area contributed by atoms with Crippen LogP contribution in [0.2, 0.25) is 5.02 Å². The van der Waals surface area contributed by atoms with Gasteiger partial charge in [0.2, 0.25) is 5.91 Å². The molecular weight excluding hydrogens is 234 g/mol. The minimum absolute atomic E-state index is 0.113. The van der Waals surface area contributed by atoms with Crippen molar-refractivity contribution in [2.24, 2.45) is 5.92 Å². The lowest BCUT2D eigenvalue weighted by molar-refractivity contribution is -0.117. The number of carbonyl (C=O) groups is 1. The monoisotopic (exact) mass is 251 g/mol. The number of aryl methyl sites for hydroxylation is 1. The fraction of sp³-hybridized carbons (Fsp3) is 0.500. The third kappa shape index (κ3) is 3.47. The summed E-state index contributed by atoms with van der Waals surface area (Å²) in [7, 11) is 0. The van der Waals surface area contributed by atoms with Crippen LogP contribution in [0.4, 0.5) is 5.69 Å². The van der Waals surface area contributed by atoms with Gasteiger partial charge >= 0.3 is 0 Å². The van der Waals surface area contributed by atoms with Crippen molar-refractivity contribution in [2.45, 2.75) is 39.0 Å². The number of hydrogen-bond donors (Lipinski definition) is 1. The molecule has 1 aliphatic rings. The Hall–Kier alpha value is -1.02. The molecule has 0 saturated heterocycles. The van der Waals surface area contributed by atoms with Gasteiger partial charge in [-0.25, -0.2) is 0 Å². The predicted octanol–water partition coefficient (Wildman–Crippen LogP) is 4.17. The van der Waals surface area contributed by atoms with Gasteiger partial charge in [0.05, 0.1) is 0 Å². The first-order chi connectivity index (χ1) is 8.15.